The Hall–Kier alpha value is -4.69. The lowest BCUT2D eigenvalue weighted by Gasteiger charge is -2.23. The van der Waals surface area contributed by atoms with E-state index in [-0.39, 0.29) is 37.6 Å². The first kappa shape index (κ1) is 30.3. The molecule has 0 saturated heterocycles. The van der Waals surface area contributed by atoms with Gasteiger partial charge in [0.2, 0.25) is 23.6 Å². The van der Waals surface area contributed by atoms with Crippen LogP contribution in [0.3, 0.4) is 0 Å². The first-order chi connectivity index (χ1) is 17.3. The molecular formula is C22H33N9O6. The summed E-state index contributed by atoms with van der Waals surface area (Å²) in [5, 5.41) is 23.7. The molecule has 0 aliphatic carbocycles. The van der Waals surface area contributed by atoms with Crippen LogP contribution in [0.25, 0.3) is 0 Å². The number of nitrogens with zero attached hydrogens (tertiary/aromatic N) is 1. The number of hydrogen-bond acceptors (Lipinski definition) is 7. The number of aliphatic carboxylic acids is 1. The standard InChI is InChI=1S/C22H33N9O6/c1-28-19(35)13(9-11-4-6-12(7-5-11)17(23)24)20(36)31-15(10-16(32)33)21(37)30-14(18(25)34)3-2-8-29-22(26)27/h4-7,13-15H,2-3,8-10H2,1H3,(H3,23,24)(H2,25,34)(H,28,35)(H,30,37)(H,31,36)(H,32,33)(H4,26,27,29)/t13?,14-,15-/m0/s1. The Bertz CT molecular complexity index is 1040. The van der Waals surface area contributed by atoms with E-state index in [2.05, 4.69) is 20.9 Å². The van der Waals surface area contributed by atoms with Gasteiger partial charge in [-0.3, -0.25) is 34.4 Å². The second-order valence-corrected chi connectivity index (χ2v) is 8.05. The fourth-order valence-electron chi connectivity index (χ4n) is 3.25. The number of carbonyl (C=O) groups is 5. The van der Waals surface area contributed by atoms with E-state index in [0.29, 0.717) is 11.1 Å². The molecule has 1 aromatic carbocycles. The number of carboxylic acid groups (broad SMARTS) is 1. The largest absolute Gasteiger partial charge is 0.481 e. The van der Waals surface area contributed by atoms with E-state index in [0.717, 1.165) is 0 Å². The van der Waals surface area contributed by atoms with Crippen molar-refractivity contribution in [2.75, 3.05) is 13.6 Å². The van der Waals surface area contributed by atoms with Crippen molar-refractivity contribution in [3.05, 3.63) is 35.4 Å². The maximum atomic E-state index is 13.0. The number of nitrogens with one attached hydrogen (secondary N) is 4. The highest BCUT2D eigenvalue weighted by Crippen LogP contribution is 2.12. The van der Waals surface area contributed by atoms with E-state index in [1.807, 2.05) is 0 Å². The van der Waals surface area contributed by atoms with E-state index in [1.54, 1.807) is 24.3 Å². The van der Waals surface area contributed by atoms with Gasteiger partial charge in [-0.05, 0) is 24.8 Å². The van der Waals surface area contributed by atoms with Crippen LogP contribution in [0, 0.1) is 11.3 Å². The Labute approximate surface area is 212 Å². The molecule has 0 aliphatic heterocycles. The van der Waals surface area contributed by atoms with Crippen molar-refractivity contribution < 1.29 is 29.1 Å². The zero-order valence-corrected chi connectivity index (χ0v) is 20.3. The fourth-order valence-corrected chi connectivity index (χ4v) is 3.25. The van der Waals surface area contributed by atoms with Gasteiger partial charge in [0.05, 0.1) is 6.42 Å². The molecule has 13 N–H and O–H groups in total. The smallest absolute Gasteiger partial charge is 0.305 e. The molecule has 0 saturated carbocycles. The van der Waals surface area contributed by atoms with E-state index >= 15 is 0 Å². The summed E-state index contributed by atoms with van der Waals surface area (Å²) in [6.45, 7) is 0.165. The van der Waals surface area contributed by atoms with E-state index in [9.17, 15) is 29.1 Å². The Morgan fingerprint density at radius 1 is 0.946 bits per heavy atom. The number of carbonyl (C=O) groups excluding carboxylic acids is 4. The van der Waals surface area contributed by atoms with Gasteiger partial charge in [-0.25, -0.2) is 0 Å². The summed E-state index contributed by atoms with van der Waals surface area (Å²) in [7, 11) is 1.32. The van der Waals surface area contributed by atoms with Crippen LogP contribution >= 0.6 is 0 Å². The number of amidine groups is 1. The zero-order valence-electron chi connectivity index (χ0n) is 20.3. The monoisotopic (exact) mass is 519 g/mol. The normalized spacial score (nSPS) is 12.8. The highest BCUT2D eigenvalue weighted by atomic mass is 16.4. The van der Waals surface area contributed by atoms with Crippen LogP contribution in [0.15, 0.2) is 29.3 Å². The maximum absolute atomic E-state index is 13.0. The lowest BCUT2D eigenvalue weighted by Crippen LogP contribution is -2.55. The summed E-state index contributed by atoms with van der Waals surface area (Å²) < 4.78 is 0. The van der Waals surface area contributed by atoms with Crippen molar-refractivity contribution >= 4 is 41.4 Å². The van der Waals surface area contributed by atoms with Crippen molar-refractivity contribution in [3.8, 4) is 0 Å². The second kappa shape index (κ2) is 14.7. The second-order valence-electron chi connectivity index (χ2n) is 8.05. The van der Waals surface area contributed by atoms with Crippen molar-refractivity contribution in [2.45, 2.75) is 37.8 Å². The summed E-state index contributed by atoms with van der Waals surface area (Å²) in [4.78, 5) is 65.1. The molecule has 0 spiro atoms. The van der Waals surface area contributed by atoms with E-state index in [1.165, 1.54) is 7.05 Å². The van der Waals surface area contributed by atoms with Gasteiger partial charge in [0.15, 0.2) is 5.96 Å². The molecule has 1 unspecified atom stereocenters. The number of nitrogens with two attached hydrogens (primary N) is 4. The summed E-state index contributed by atoms with van der Waals surface area (Å²) in [5.74, 6) is -6.44. The Morgan fingerprint density at radius 3 is 2.03 bits per heavy atom. The molecule has 4 amide bonds. The molecule has 1 rings (SSSR count). The van der Waals surface area contributed by atoms with Crippen LogP contribution in [0.4, 0.5) is 0 Å². The van der Waals surface area contributed by atoms with Crippen molar-refractivity contribution in [2.24, 2.45) is 33.8 Å². The predicted octanol–water partition coefficient (Wildman–Crippen LogP) is -3.14. The SMILES string of the molecule is CNC(=O)C(Cc1ccc(C(=N)N)cc1)C(=O)N[C@@H](CC(=O)O)C(=O)N[C@@H](CCCN=C(N)N)C(N)=O. The molecule has 0 heterocycles. The van der Waals surface area contributed by atoms with Crippen LogP contribution in [0.2, 0.25) is 0 Å². The Kier molecular flexibility index (Phi) is 12.0. The molecule has 1 aromatic rings. The number of nitrogen functional groups attached to an aromatic ring is 1. The lowest BCUT2D eigenvalue weighted by molar-refractivity contribution is -0.142. The maximum Gasteiger partial charge on any atom is 0.305 e. The highest BCUT2D eigenvalue weighted by molar-refractivity contribution is 6.02. The molecule has 0 fully saturated rings. The first-order valence-corrected chi connectivity index (χ1v) is 11.2. The van der Waals surface area contributed by atoms with Gasteiger partial charge in [-0.15, -0.1) is 0 Å². The van der Waals surface area contributed by atoms with Crippen LogP contribution in [-0.4, -0.2) is 72.2 Å². The quantitative estimate of drug-likeness (QED) is 0.0489. The summed E-state index contributed by atoms with van der Waals surface area (Å²) in [5.41, 5.74) is 22.2. The average Bonchev–Trinajstić information content (AvgIpc) is 2.82. The Balaban J connectivity index is 3.02. The van der Waals surface area contributed by atoms with Crippen LogP contribution in [-0.2, 0) is 30.4 Å². The topological polar surface area (TPSA) is 282 Å². The molecule has 0 bridgehead atoms. The summed E-state index contributed by atoms with van der Waals surface area (Å²) in [6.07, 6.45) is -0.559. The molecular weight excluding hydrogens is 486 g/mol. The van der Waals surface area contributed by atoms with Gasteiger partial charge in [0.25, 0.3) is 0 Å². The third-order valence-electron chi connectivity index (χ3n) is 5.20. The minimum absolute atomic E-state index is 0.0582. The molecule has 3 atom stereocenters. The van der Waals surface area contributed by atoms with Gasteiger partial charge in [-0.2, -0.15) is 0 Å². The number of benzene rings is 1. The molecule has 0 radical (unpaired) electrons. The third kappa shape index (κ3) is 10.6. The number of guanidine groups is 1. The number of hydrogen-bond donors (Lipinski definition) is 9. The van der Waals surface area contributed by atoms with Gasteiger partial charge in [0.1, 0.15) is 23.8 Å². The predicted molar refractivity (Wildman–Crippen MR) is 134 cm³/mol. The van der Waals surface area contributed by atoms with Crippen LogP contribution in [0.5, 0.6) is 0 Å². The van der Waals surface area contributed by atoms with Crippen LogP contribution < -0.4 is 38.9 Å². The van der Waals surface area contributed by atoms with Gasteiger partial charge < -0.3 is 44.0 Å². The molecule has 202 valence electrons. The Morgan fingerprint density at radius 2 is 1.54 bits per heavy atom. The highest BCUT2D eigenvalue weighted by Gasteiger charge is 2.32. The van der Waals surface area contributed by atoms with E-state index < -0.39 is 54.0 Å². The molecule has 15 nitrogen and oxygen atoms in total. The minimum Gasteiger partial charge on any atom is -0.481 e. The lowest BCUT2D eigenvalue weighted by atomic mass is 9.96. The molecule has 0 aliphatic rings. The molecule has 15 heteroatoms. The van der Waals surface area contributed by atoms with Crippen LogP contribution in [0.1, 0.15) is 30.4 Å². The minimum atomic E-state index is -1.60. The number of amides is 4. The third-order valence-corrected chi connectivity index (χ3v) is 5.20. The van der Waals surface area contributed by atoms with E-state index in [4.69, 9.17) is 28.3 Å². The van der Waals surface area contributed by atoms with Gasteiger partial charge in [-0.1, -0.05) is 24.3 Å². The first-order valence-electron chi connectivity index (χ1n) is 11.2. The van der Waals surface area contributed by atoms with Crippen molar-refractivity contribution in [3.63, 3.8) is 0 Å². The van der Waals surface area contributed by atoms with Crippen molar-refractivity contribution in [1.29, 1.82) is 5.41 Å². The number of rotatable bonds is 15. The fraction of sp³-hybridized carbons (Fsp3) is 0.409. The number of aliphatic imine (C=N–C) groups is 1. The summed E-state index contributed by atoms with van der Waals surface area (Å²) >= 11 is 0. The number of carboxylic acids is 1. The number of primary amides is 1. The summed E-state index contributed by atoms with van der Waals surface area (Å²) in [6, 6.07) is 3.49. The van der Waals surface area contributed by atoms with Crippen molar-refractivity contribution in [1.82, 2.24) is 16.0 Å². The molecule has 37 heavy (non-hydrogen) atoms. The molecule has 0 aromatic heterocycles. The van der Waals surface area contributed by atoms with Gasteiger partial charge >= 0.3 is 5.97 Å². The average molecular weight is 520 g/mol. The van der Waals surface area contributed by atoms with Gasteiger partial charge in [0, 0.05) is 19.2 Å². The zero-order chi connectivity index (χ0) is 28.1.